The number of alkyl carbamates (subject to hydrolysis) is 1. The number of aliphatic hydroxyl groups is 8. The summed E-state index contributed by atoms with van der Waals surface area (Å²) in [6, 6.07) is -1.05. The third-order valence-corrected chi connectivity index (χ3v) is 6.08. The molecular weight excluding hydrogens is 526 g/mol. The van der Waals surface area contributed by atoms with Gasteiger partial charge in [0.15, 0.2) is 12.6 Å². The Hall–Kier alpha value is -1.47. The van der Waals surface area contributed by atoms with Gasteiger partial charge >= 0.3 is 6.09 Å². The van der Waals surface area contributed by atoms with Crippen molar-refractivity contribution in [2.24, 2.45) is 0 Å². The molecule has 2 rings (SSSR count). The lowest BCUT2D eigenvalue weighted by Gasteiger charge is -2.46. The van der Waals surface area contributed by atoms with Gasteiger partial charge in [0.1, 0.15) is 54.4 Å². The predicted molar refractivity (Wildman–Crippen MR) is 131 cm³/mol. The summed E-state index contributed by atoms with van der Waals surface area (Å²) in [6.45, 7) is 4.98. The van der Waals surface area contributed by atoms with Gasteiger partial charge in [0.25, 0.3) is 0 Å². The van der Waals surface area contributed by atoms with E-state index in [1.807, 2.05) is 6.92 Å². The summed E-state index contributed by atoms with van der Waals surface area (Å²) in [5.41, 5.74) is -0.809. The Balaban J connectivity index is 2.10. The van der Waals surface area contributed by atoms with Gasteiger partial charge in [-0.2, -0.15) is 0 Å². The lowest BCUT2D eigenvalue weighted by atomic mass is 9.97. The van der Waals surface area contributed by atoms with Crippen molar-refractivity contribution >= 4 is 6.09 Å². The number of amides is 1. The van der Waals surface area contributed by atoms with Crippen molar-refractivity contribution in [3.8, 4) is 0 Å². The molecule has 12 atom stereocenters. The Bertz CT molecular complexity index is 774. The molecule has 2 aliphatic rings. The van der Waals surface area contributed by atoms with Crippen molar-refractivity contribution in [2.45, 2.75) is 113 Å². The van der Waals surface area contributed by atoms with Gasteiger partial charge in [-0.15, -0.1) is 0 Å². The van der Waals surface area contributed by atoms with Crippen LogP contribution < -0.4 is 5.32 Å². The van der Waals surface area contributed by atoms with E-state index in [1.54, 1.807) is 26.8 Å². The number of nitrogens with one attached hydrogen (secondary N) is 1. The third-order valence-electron chi connectivity index (χ3n) is 6.08. The van der Waals surface area contributed by atoms with Crippen LogP contribution in [-0.2, 0) is 23.7 Å². The van der Waals surface area contributed by atoms with Crippen molar-refractivity contribution in [1.29, 1.82) is 0 Å². The van der Waals surface area contributed by atoms with Crippen LogP contribution in [0.1, 0.15) is 34.1 Å². The Kier molecular flexibility index (Phi) is 12.9. The van der Waals surface area contributed by atoms with Crippen LogP contribution >= 0.6 is 0 Å². The van der Waals surface area contributed by atoms with Crippen molar-refractivity contribution in [3.05, 3.63) is 12.2 Å². The Morgan fingerprint density at radius 3 is 2.08 bits per heavy atom. The fourth-order valence-corrected chi connectivity index (χ4v) is 3.99. The van der Waals surface area contributed by atoms with Crippen LogP contribution in [0.25, 0.3) is 0 Å². The number of rotatable bonds is 11. The predicted octanol–water partition coefficient (Wildman–Crippen LogP) is -3.15. The van der Waals surface area contributed by atoms with Crippen molar-refractivity contribution in [3.63, 3.8) is 0 Å². The fourth-order valence-electron chi connectivity index (χ4n) is 3.99. The summed E-state index contributed by atoms with van der Waals surface area (Å²) in [7, 11) is 0. The molecule has 0 aromatic heterocycles. The molecule has 39 heavy (non-hydrogen) atoms. The number of aliphatic hydroxyl groups excluding tert-OH is 8. The van der Waals surface area contributed by atoms with Crippen LogP contribution in [0.3, 0.4) is 0 Å². The van der Waals surface area contributed by atoms with Gasteiger partial charge in [-0.05, 0) is 27.2 Å². The summed E-state index contributed by atoms with van der Waals surface area (Å²) in [5.74, 6) is 0. The molecule has 15 heteroatoms. The molecule has 0 spiro atoms. The first kappa shape index (κ1) is 33.7. The molecule has 9 N–H and O–H groups in total. The highest BCUT2D eigenvalue weighted by molar-refractivity contribution is 5.68. The summed E-state index contributed by atoms with van der Waals surface area (Å²) < 4.78 is 27.1. The minimum Gasteiger partial charge on any atom is -0.444 e. The highest BCUT2D eigenvalue weighted by Gasteiger charge is 2.50. The molecule has 4 unspecified atom stereocenters. The van der Waals surface area contributed by atoms with Crippen molar-refractivity contribution < 1.29 is 69.3 Å². The van der Waals surface area contributed by atoms with Gasteiger partial charge in [-0.3, -0.25) is 0 Å². The minimum absolute atomic E-state index is 0.403. The first-order chi connectivity index (χ1) is 18.2. The molecule has 0 bridgehead atoms. The van der Waals surface area contributed by atoms with E-state index >= 15 is 0 Å². The van der Waals surface area contributed by atoms with Crippen LogP contribution in [0.4, 0.5) is 4.79 Å². The van der Waals surface area contributed by atoms with E-state index < -0.39 is 105 Å². The Labute approximate surface area is 226 Å². The van der Waals surface area contributed by atoms with E-state index in [-0.39, 0.29) is 0 Å². The molecule has 0 saturated carbocycles. The second-order valence-electron chi connectivity index (χ2n) is 10.4. The smallest absolute Gasteiger partial charge is 0.408 e. The molecule has 228 valence electrons. The van der Waals surface area contributed by atoms with Crippen LogP contribution in [0.2, 0.25) is 0 Å². The van der Waals surface area contributed by atoms with E-state index in [4.69, 9.17) is 23.7 Å². The molecule has 2 fully saturated rings. The second-order valence-corrected chi connectivity index (χ2v) is 10.4. The molecule has 0 aromatic rings. The maximum atomic E-state index is 12.3. The van der Waals surface area contributed by atoms with Crippen LogP contribution in [0, 0.1) is 0 Å². The Morgan fingerprint density at radius 2 is 1.51 bits per heavy atom. The standard InChI is InChI=1S/C24H43NO14/c1-5-6-7-12(28)11(25-23(34)39-24(2,3)4)10-35-21-19(33)17(31)20(14(9-27)37-21)38-22-18(32)16(30)15(29)13(8-26)36-22/h6-7,11-22,26-33H,5,8-10H2,1-4H3,(H,25,34)/b7-6+/t11-,12+,13?,14?,15-,16-,17+,18-,19-,20+,21?,22?/m0/s1. The fraction of sp³-hybridized carbons (Fsp3) is 0.875. The van der Waals surface area contributed by atoms with Gasteiger partial charge in [0.2, 0.25) is 0 Å². The van der Waals surface area contributed by atoms with E-state index in [0.717, 1.165) is 0 Å². The average Bonchev–Trinajstić information content (AvgIpc) is 2.87. The van der Waals surface area contributed by atoms with Gasteiger partial charge in [0.05, 0.1) is 32.0 Å². The third kappa shape index (κ3) is 9.27. The maximum Gasteiger partial charge on any atom is 0.408 e. The molecule has 0 radical (unpaired) electrons. The quantitative estimate of drug-likeness (QED) is 0.112. The second kappa shape index (κ2) is 15.0. The lowest BCUT2D eigenvalue weighted by Crippen LogP contribution is -2.65. The number of carbonyl (C=O) groups excluding carboxylic acids is 1. The summed E-state index contributed by atoms with van der Waals surface area (Å²) >= 11 is 0. The minimum atomic E-state index is -1.79. The highest BCUT2D eigenvalue weighted by Crippen LogP contribution is 2.29. The lowest BCUT2D eigenvalue weighted by molar-refractivity contribution is -0.359. The molecule has 1 amide bonds. The average molecular weight is 570 g/mol. The monoisotopic (exact) mass is 569 g/mol. The topological polar surface area (TPSA) is 237 Å². The van der Waals surface area contributed by atoms with E-state index in [9.17, 15) is 45.6 Å². The molecule has 15 nitrogen and oxygen atoms in total. The molecule has 2 aliphatic heterocycles. The summed E-state index contributed by atoms with van der Waals surface area (Å²) in [6.07, 6.45) is -14.4. The number of ether oxygens (including phenoxy) is 5. The van der Waals surface area contributed by atoms with Crippen LogP contribution in [-0.4, -0.2) is 146 Å². The summed E-state index contributed by atoms with van der Waals surface area (Å²) in [5, 5.41) is 83.7. The molecule has 2 saturated heterocycles. The molecule has 2 heterocycles. The number of hydrogen-bond donors (Lipinski definition) is 9. The zero-order chi connectivity index (χ0) is 29.5. The first-order valence-electron chi connectivity index (χ1n) is 12.8. The van der Waals surface area contributed by atoms with Crippen LogP contribution in [0.15, 0.2) is 12.2 Å². The van der Waals surface area contributed by atoms with E-state index in [2.05, 4.69) is 5.32 Å². The van der Waals surface area contributed by atoms with Gasteiger partial charge in [0, 0.05) is 0 Å². The van der Waals surface area contributed by atoms with Crippen molar-refractivity contribution in [2.75, 3.05) is 19.8 Å². The zero-order valence-corrected chi connectivity index (χ0v) is 22.4. The maximum absolute atomic E-state index is 12.3. The number of hydrogen-bond acceptors (Lipinski definition) is 14. The largest absolute Gasteiger partial charge is 0.444 e. The first-order valence-corrected chi connectivity index (χ1v) is 12.8. The molecule has 0 aromatic carbocycles. The highest BCUT2D eigenvalue weighted by atomic mass is 16.7. The van der Waals surface area contributed by atoms with E-state index in [1.165, 1.54) is 6.08 Å². The number of allylic oxidation sites excluding steroid dienone is 1. The Morgan fingerprint density at radius 1 is 0.923 bits per heavy atom. The SMILES string of the molecule is CC/C=C/[C@@H](O)[C@H](COC1OC(CO)[C@@H](OC2OC(CO)[C@H](O)[C@H](O)[C@@H]2O)[C@H](O)[C@@H]1O)NC(=O)OC(C)(C)C. The normalized spacial score (nSPS) is 37.4. The van der Waals surface area contributed by atoms with Crippen LogP contribution in [0.5, 0.6) is 0 Å². The summed E-state index contributed by atoms with van der Waals surface area (Å²) in [4.78, 5) is 12.3. The number of carbonyl (C=O) groups is 1. The van der Waals surface area contributed by atoms with Crippen molar-refractivity contribution in [1.82, 2.24) is 5.32 Å². The van der Waals surface area contributed by atoms with E-state index in [0.29, 0.717) is 6.42 Å². The van der Waals surface area contributed by atoms with Gasteiger partial charge in [-0.1, -0.05) is 19.1 Å². The molecule has 0 aliphatic carbocycles. The molecular formula is C24H43NO14. The zero-order valence-electron chi connectivity index (χ0n) is 22.4. The van der Waals surface area contributed by atoms with Gasteiger partial charge < -0.3 is 69.9 Å². The van der Waals surface area contributed by atoms with Gasteiger partial charge in [-0.25, -0.2) is 4.79 Å².